The first-order valence-corrected chi connectivity index (χ1v) is 7.80. The molecule has 0 aliphatic rings. The minimum Gasteiger partial charge on any atom is -0.322 e. The highest BCUT2D eigenvalue weighted by molar-refractivity contribution is 6.05. The highest BCUT2D eigenvalue weighted by Gasteiger charge is 2.17. The van der Waals surface area contributed by atoms with Crippen LogP contribution in [-0.2, 0) is 6.42 Å². The summed E-state index contributed by atoms with van der Waals surface area (Å²) >= 11 is 0. The van der Waals surface area contributed by atoms with Crippen molar-refractivity contribution in [1.29, 1.82) is 0 Å². The van der Waals surface area contributed by atoms with E-state index in [0.717, 1.165) is 11.4 Å². The Balaban J connectivity index is 1.92. The molecule has 0 aliphatic carbocycles. The van der Waals surface area contributed by atoms with Crippen molar-refractivity contribution in [2.75, 3.05) is 5.32 Å². The second-order valence-corrected chi connectivity index (χ2v) is 5.52. The van der Waals surface area contributed by atoms with Crippen molar-refractivity contribution in [2.45, 2.75) is 20.3 Å². The molecule has 0 fully saturated rings. The minimum absolute atomic E-state index is 0.247. The van der Waals surface area contributed by atoms with Gasteiger partial charge in [0.2, 0.25) is 0 Å². The van der Waals surface area contributed by atoms with Gasteiger partial charge in [-0.1, -0.05) is 25.1 Å². The van der Waals surface area contributed by atoms with Crippen LogP contribution >= 0.6 is 0 Å². The molecule has 0 aliphatic heterocycles. The van der Waals surface area contributed by atoms with E-state index in [1.165, 1.54) is 12.1 Å². The number of halogens is 1. The SMILES string of the molecule is CCc1c(C(=O)Nc2ccc(F)cc2C)cnn1-c1ccccc1. The second-order valence-electron chi connectivity index (χ2n) is 5.52. The molecule has 3 rings (SSSR count). The number of aryl methyl sites for hydroxylation is 1. The Labute approximate surface area is 139 Å². The number of carbonyl (C=O) groups is 1. The van der Waals surface area contributed by atoms with Crippen LogP contribution in [0.5, 0.6) is 0 Å². The van der Waals surface area contributed by atoms with Gasteiger partial charge in [-0.15, -0.1) is 0 Å². The van der Waals surface area contributed by atoms with Gasteiger partial charge in [0.05, 0.1) is 23.1 Å². The molecule has 0 saturated heterocycles. The number of amides is 1. The largest absolute Gasteiger partial charge is 0.322 e. The van der Waals surface area contributed by atoms with Crippen molar-refractivity contribution in [2.24, 2.45) is 0 Å². The normalized spacial score (nSPS) is 10.6. The fourth-order valence-electron chi connectivity index (χ4n) is 2.65. The summed E-state index contributed by atoms with van der Waals surface area (Å²) in [5, 5.41) is 7.19. The van der Waals surface area contributed by atoms with Gasteiger partial charge in [-0.25, -0.2) is 9.07 Å². The Bertz CT molecular complexity index is 872. The topological polar surface area (TPSA) is 46.9 Å². The summed E-state index contributed by atoms with van der Waals surface area (Å²) < 4.78 is 15.0. The molecule has 0 atom stereocenters. The van der Waals surface area contributed by atoms with E-state index < -0.39 is 0 Å². The van der Waals surface area contributed by atoms with E-state index in [9.17, 15) is 9.18 Å². The molecule has 5 heteroatoms. The molecule has 2 aromatic carbocycles. The molecule has 0 bridgehead atoms. The van der Waals surface area contributed by atoms with Crippen LogP contribution in [0, 0.1) is 12.7 Å². The zero-order valence-corrected chi connectivity index (χ0v) is 13.6. The number of hydrogen-bond donors (Lipinski definition) is 1. The lowest BCUT2D eigenvalue weighted by atomic mass is 10.1. The molecular weight excluding hydrogens is 305 g/mol. The van der Waals surface area contributed by atoms with Gasteiger partial charge in [0, 0.05) is 5.69 Å². The van der Waals surface area contributed by atoms with Crippen LogP contribution in [-0.4, -0.2) is 15.7 Å². The molecule has 24 heavy (non-hydrogen) atoms. The summed E-state index contributed by atoms with van der Waals surface area (Å²) in [5.41, 5.74) is 3.53. The lowest BCUT2D eigenvalue weighted by Gasteiger charge is -2.10. The fourth-order valence-corrected chi connectivity index (χ4v) is 2.65. The molecule has 0 unspecified atom stereocenters. The number of rotatable bonds is 4. The number of hydrogen-bond acceptors (Lipinski definition) is 2. The maximum absolute atomic E-state index is 13.2. The number of benzene rings is 2. The van der Waals surface area contributed by atoms with Crippen LogP contribution in [0.25, 0.3) is 5.69 Å². The van der Waals surface area contributed by atoms with Gasteiger partial charge in [-0.2, -0.15) is 5.10 Å². The summed E-state index contributed by atoms with van der Waals surface area (Å²) in [5.74, 6) is -0.569. The minimum atomic E-state index is -0.323. The smallest absolute Gasteiger partial charge is 0.259 e. The van der Waals surface area contributed by atoms with Gasteiger partial charge in [-0.3, -0.25) is 4.79 Å². The molecule has 1 amide bonds. The van der Waals surface area contributed by atoms with Gasteiger partial charge in [0.25, 0.3) is 5.91 Å². The first kappa shape index (κ1) is 15.9. The Morgan fingerprint density at radius 3 is 2.62 bits per heavy atom. The van der Waals surface area contributed by atoms with Crippen LogP contribution < -0.4 is 5.32 Å². The first-order chi connectivity index (χ1) is 11.6. The van der Waals surface area contributed by atoms with Gasteiger partial charge in [0.15, 0.2) is 0 Å². The van der Waals surface area contributed by atoms with Crippen molar-refractivity contribution in [1.82, 2.24) is 9.78 Å². The Morgan fingerprint density at radius 1 is 1.21 bits per heavy atom. The number of para-hydroxylation sites is 1. The standard InChI is InChI=1S/C19H18FN3O/c1-3-18-16(12-21-23(18)15-7-5-4-6-8-15)19(24)22-17-10-9-14(20)11-13(17)2/h4-12H,3H2,1-2H3,(H,22,24). The summed E-state index contributed by atoms with van der Waals surface area (Å²) in [4.78, 5) is 12.6. The van der Waals surface area contributed by atoms with E-state index in [1.54, 1.807) is 23.9 Å². The van der Waals surface area contributed by atoms with Crippen molar-refractivity contribution < 1.29 is 9.18 Å². The predicted molar refractivity (Wildman–Crippen MR) is 92.0 cm³/mol. The second kappa shape index (κ2) is 6.66. The lowest BCUT2D eigenvalue weighted by molar-refractivity contribution is 0.102. The van der Waals surface area contributed by atoms with Gasteiger partial charge in [0.1, 0.15) is 5.82 Å². The number of aromatic nitrogens is 2. The van der Waals surface area contributed by atoms with Gasteiger partial charge >= 0.3 is 0 Å². The van der Waals surface area contributed by atoms with Crippen molar-refractivity contribution in [3.8, 4) is 5.69 Å². The van der Waals surface area contributed by atoms with Gasteiger partial charge < -0.3 is 5.32 Å². The Kier molecular flexibility index (Phi) is 4.42. The van der Waals surface area contributed by atoms with Crippen LogP contribution in [0.3, 0.4) is 0 Å². The molecule has 0 radical (unpaired) electrons. The number of nitrogens with one attached hydrogen (secondary N) is 1. The maximum atomic E-state index is 13.2. The van der Waals surface area contributed by atoms with Crippen molar-refractivity contribution in [3.63, 3.8) is 0 Å². The zero-order chi connectivity index (χ0) is 17.1. The maximum Gasteiger partial charge on any atom is 0.259 e. The summed E-state index contributed by atoms with van der Waals surface area (Å²) in [6.07, 6.45) is 2.24. The molecule has 0 spiro atoms. The van der Waals surface area contributed by atoms with Crippen LogP contribution in [0.4, 0.5) is 10.1 Å². The van der Waals surface area contributed by atoms with E-state index in [2.05, 4.69) is 10.4 Å². The zero-order valence-electron chi connectivity index (χ0n) is 13.6. The quantitative estimate of drug-likeness (QED) is 0.784. The van der Waals surface area contributed by atoms with E-state index >= 15 is 0 Å². The Hall–Kier alpha value is -2.95. The third-order valence-corrected chi connectivity index (χ3v) is 3.89. The molecule has 1 aromatic heterocycles. The van der Waals surface area contributed by atoms with Crippen LogP contribution in [0.2, 0.25) is 0 Å². The third-order valence-electron chi connectivity index (χ3n) is 3.89. The molecule has 1 heterocycles. The first-order valence-electron chi connectivity index (χ1n) is 7.80. The van der Waals surface area contributed by atoms with E-state index in [0.29, 0.717) is 23.2 Å². The van der Waals surface area contributed by atoms with E-state index in [4.69, 9.17) is 0 Å². The average Bonchev–Trinajstić information content (AvgIpc) is 3.02. The highest BCUT2D eigenvalue weighted by Crippen LogP contribution is 2.20. The fraction of sp³-hybridized carbons (Fsp3) is 0.158. The third kappa shape index (κ3) is 3.06. The monoisotopic (exact) mass is 323 g/mol. The Morgan fingerprint density at radius 2 is 1.96 bits per heavy atom. The van der Waals surface area contributed by atoms with Crippen LogP contribution in [0.15, 0.2) is 54.7 Å². The van der Waals surface area contributed by atoms with Crippen LogP contribution in [0.1, 0.15) is 28.5 Å². The average molecular weight is 323 g/mol. The van der Waals surface area contributed by atoms with Crippen molar-refractivity contribution in [3.05, 3.63) is 77.4 Å². The summed E-state index contributed by atoms with van der Waals surface area (Å²) in [7, 11) is 0. The van der Waals surface area contributed by atoms with Crippen molar-refractivity contribution >= 4 is 11.6 Å². The number of carbonyl (C=O) groups excluding carboxylic acids is 1. The number of nitrogens with zero attached hydrogens (tertiary/aromatic N) is 2. The highest BCUT2D eigenvalue weighted by atomic mass is 19.1. The molecule has 4 nitrogen and oxygen atoms in total. The summed E-state index contributed by atoms with van der Waals surface area (Å²) in [6.45, 7) is 3.74. The molecule has 1 N–H and O–H groups in total. The molecule has 0 saturated carbocycles. The lowest BCUT2D eigenvalue weighted by Crippen LogP contribution is -2.15. The van der Waals surface area contributed by atoms with E-state index in [-0.39, 0.29) is 11.7 Å². The van der Waals surface area contributed by atoms with E-state index in [1.807, 2.05) is 37.3 Å². The number of anilines is 1. The summed E-state index contributed by atoms with van der Waals surface area (Å²) in [6, 6.07) is 14.0. The predicted octanol–water partition coefficient (Wildman–Crippen LogP) is 4.13. The molecule has 3 aromatic rings. The molecule has 122 valence electrons. The van der Waals surface area contributed by atoms with Gasteiger partial charge in [-0.05, 0) is 49.2 Å². The molecular formula is C19H18FN3O.